The van der Waals surface area contributed by atoms with Crippen molar-refractivity contribution in [3.8, 4) is 0 Å². The molecule has 2 rings (SSSR count). The van der Waals surface area contributed by atoms with Crippen molar-refractivity contribution in [3.05, 3.63) is 59.9 Å². The molecule has 1 heterocycles. The van der Waals surface area contributed by atoms with Gasteiger partial charge in [-0.15, -0.1) is 0 Å². The van der Waals surface area contributed by atoms with E-state index >= 15 is 0 Å². The second-order valence-electron chi connectivity index (χ2n) is 4.52. The first-order chi connectivity index (χ1) is 11.1. The molecule has 0 bridgehead atoms. The van der Waals surface area contributed by atoms with Crippen LogP contribution in [0.2, 0.25) is 0 Å². The van der Waals surface area contributed by atoms with Gasteiger partial charge < -0.3 is 15.4 Å². The normalized spacial score (nSPS) is 9.78. The Morgan fingerprint density at radius 1 is 1.09 bits per heavy atom. The number of amides is 2. The zero-order valence-electron chi connectivity index (χ0n) is 12.4. The molecule has 1 aromatic heterocycles. The van der Waals surface area contributed by atoms with E-state index < -0.39 is 18.5 Å². The van der Waals surface area contributed by atoms with Crippen LogP contribution in [0.15, 0.2) is 48.8 Å². The Balaban J connectivity index is 1.90. The van der Waals surface area contributed by atoms with Gasteiger partial charge in [-0.2, -0.15) is 0 Å². The van der Waals surface area contributed by atoms with Gasteiger partial charge in [0.25, 0.3) is 11.8 Å². The maximum atomic E-state index is 11.8. The summed E-state index contributed by atoms with van der Waals surface area (Å²) < 4.78 is 4.90. The SMILES string of the molecule is CNC(=O)c1cccc(NC(=O)COC(=O)c2ccncc2)c1. The number of nitrogens with one attached hydrogen (secondary N) is 2. The third kappa shape index (κ3) is 4.63. The highest BCUT2D eigenvalue weighted by Gasteiger charge is 2.11. The maximum absolute atomic E-state index is 11.8. The zero-order valence-corrected chi connectivity index (χ0v) is 12.4. The van der Waals surface area contributed by atoms with E-state index in [9.17, 15) is 14.4 Å². The molecule has 0 aliphatic rings. The largest absolute Gasteiger partial charge is 0.452 e. The van der Waals surface area contributed by atoms with Crippen molar-refractivity contribution < 1.29 is 19.1 Å². The van der Waals surface area contributed by atoms with Crippen LogP contribution in [0.1, 0.15) is 20.7 Å². The molecule has 7 heteroatoms. The Hall–Kier alpha value is -3.22. The van der Waals surface area contributed by atoms with E-state index in [2.05, 4.69) is 15.6 Å². The first-order valence-corrected chi connectivity index (χ1v) is 6.79. The first kappa shape index (κ1) is 16.2. The van der Waals surface area contributed by atoms with Crippen molar-refractivity contribution in [1.82, 2.24) is 10.3 Å². The van der Waals surface area contributed by atoms with Gasteiger partial charge in [0, 0.05) is 30.7 Å². The predicted octanol–water partition coefficient (Wildman–Crippen LogP) is 1.24. The average molecular weight is 313 g/mol. The Morgan fingerprint density at radius 2 is 1.83 bits per heavy atom. The van der Waals surface area contributed by atoms with Crippen molar-refractivity contribution >= 4 is 23.5 Å². The van der Waals surface area contributed by atoms with Gasteiger partial charge in [-0.1, -0.05) is 6.07 Å². The summed E-state index contributed by atoms with van der Waals surface area (Å²) in [5.41, 5.74) is 1.17. The number of rotatable bonds is 5. The molecule has 2 amide bonds. The number of benzene rings is 1. The summed E-state index contributed by atoms with van der Waals surface area (Å²) in [5.74, 6) is -1.37. The van der Waals surface area contributed by atoms with Gasteiger partial charge >= 0.3 is 5.97 Å². The summed E-state index contributed by atoms with van der Waals surface area (Å²) in [4.78, 5) is 38.8. The number of hydrogen-bond acceptors (Lipinski definition) is 5. The molecule has 2 N–H and O–H groups in total. The van der Waals surface area contributed by atoms with Gasteiger partial charge in [-0.3, -0.25) is 14.6 Å². The number of anilines is 1. The molecule has 2 aromatic rings. The van der Waals surface area contributed by atoms with E-state index in [0.29, 0.717) is 16.8 Å². The standard InChI is InChI=1S/C16H15N3O4/c1-17-15(21)12-3-2-4-13(9-12)19-14(20)10-23-16(22)11-5-7-18-8-6-11/h2-9H,10H2,1H3,(H,17,21)(H,19,20). The summed E-state index contributed by atoms with van der Waals surface area (Å²) >= 11 is 0. The van der Waals surface area contributed by atoms with Crippen LogP contribution in [-0.4, -0.2) is 36.4 Å². The van der Waals surface area contributed by atoms with E-state index in [-0.39, 0.29) is 5.91 Å². The van der Waals surface area contributed by atoms with Gasteiger partial charge in [0.1, 0.15) is 0 Å². The molecule has 118 valence electrons. The van der Waals surface area contributed by atoms with Gasteiger partial charge in [0.15, 0.2) is 6.61 Å². The van der Waals surface area contributed by atoms with Gasteiger partial charge in [0.05, 0.1) is 5.56 Å². The van der Waals surface area contributed by atoms with E-state index in [4.69, 9.17) is 4.74 Å². The molecule has 0 atom stereocenters. The van der Waals surface area contributed by atoms with Crippen LogP contribution >= 0.6 is 0 Å². The minimum atomic E-state index is -0.610. The van der Waals surface area contributed by atoms with Crippen molar-refractivity contribution in [2.75, 3.05) is 19.0 Å². The molecule has 0 aliphatic heterocycles. The number of pyridine rings is 1. The second kappa shape index (κ2) is 7.69. The molecule has 0 radical (unpaired) electrons. The summed E-state index contributed by atoms with van der Waals surface area (Å²) in [6, 6.07) is 9.41. The van der Waals surface area contributed by atoms with Crippen molar-refractivity contribution in [1.29, 1.82) is 0 Å². The monoisotopic (exact) mass is 313 g/mol. The molecule has 0 saturated heterocycles. The van der Waals surface area contributed by atoms with Crippen LogP contribution in [0.25, 0.3) is 0 Å². The summed E-state index contributed by atoms with van der Waals surface area (Å²) in [5, 5.41) is 5.05. The third-order valence-electron chi connectivity index (χ3n) is 2.89. The lowest BCUT2D eigenvalue weighted by atomic mass is 10.2. The highest BCUT2D eigenvalue weighted by Crippen LogP contribution is 2.10. The molecule has 0 spiro atoms. The van der Waals surface area contributed by atoms with Crippen molar-refractivity contribution in [2.45, 2.75) is 0 Å². The lowest BCUT2D eigenvalue weighted by molar-refractivity contribution is -0.119. The fourth-order valence-corrected chi connectivity index (χ4v) is 1.78. The third-order valence-corrected chi connectivity index (χ3v) is 2.89. The highest BCUT2D eigenvalue weighted by atomic mass is 16.5. The van der Waals surface area contributed by atoms with E-state index in [1.165, 1.54) is 37.6 Å². The maximum Gasteiger partial charge on any atom is 0.338 e. The van der Waals surface area contributed by atoms with E-state index in [1.54, 1.807) is 18.2 Å². The Labute approximate surface area is 132 Å². The topological polar surface area (TPSA) is 97.4 Å². The molecule has 0 fully saturated rings. The van der Waals surface area contributed by atoms with Crippen LogP contribution in [0.4, 0.5) is 5.69 Å². The van der Waals surface area contributed by atoms with Crippen LogP contribution in [0.3, 0.4) is 0 Å². The molecular formula is C16H15N3O4. The van der Waals surface area contributed by atoms with Gasteiger partial charge in [-0.25, -0.2) is 4.79 Å². The lowest BCUT2D eigenvalue weighted by Gasteiger charge is -2.08. The van der Waals surface area contributed by atoms with Crippen molar-refractivity contribution in [2.24, 2.45) is 0 Å². The lowest BCUT2D eigenvalue weighted by Crippen LogP contribution is -2.22. The van der Waals surface area contributed by atoms with Gasteiger partial charge in [0.2, 0.25) is 0 Å². The minimum absolute atomic E-state index is 0.259. The summed E-state index contributed by atoms with van der Waals surface area (Å²) in [6.45, 7) is -0.425. The van der Waals surface area contributed by atoms with Crippen LogP contribution < -0.4 is 10.6 Å². The number of carbonyl (C=O) groups excluding carboxylic acids is 3. The van der Waals surface area contributed by atoms with Crippen LogP contribution in [0, 0.1) is 0 Å². The molecule has 23 heavy (non-hydrogen) atoms. The zero-order chi connectivity index (χ0) is 16.7. The van der Waals surface area contributed by atoms with Crippen LogP contribution in [0.5, 0.6) is 0 Å². The number of nitrogens with zero attached hydrogens (tertiary/aromatic N) is 1. The number of aromatic nitrogens is 1. The average Bonchev–Trinajstić information content (AvgIpc) is 2.60. The minimum Gasteiger partial charge on any atom is -0.452 e. The molecule has 1 aromatic carbocycles. The Kier molecular flexibility index (Phi) is 5.40. The summed E-state index contributed by atoms with van der Waals surface area (Å²) in [7, 11) is 1.52. The summed E-state index contributed by atoms with van der Waals surface area (Å²) in [6.07, 6.45) is 2.92. The Bertz CT molecular complexity index is 716. The number of carbonyl (C=O) groups is 3. The number of hydrogen-bond donors (Lipinski definition) is 2. The molecule has 0 aliphatic carbocycles. The predicted molar refractivity (Wildman–Crippen MR) is 83.0 cm³/mol. The van der Waals surface area contributed by atoms with E-state index in [1.807, 2.05) is 0 Å². The quantitative estimate of drug-likeness (QED) is 0.809. The van der Waals surface area contributed by atoms with Gasteiger partial charge in [-0.05, 0) is 30.3 Å². The molecule has 0 unspecified atom stereocenters. The van der Waals surface area contributed by atoms with E-state index in [0.717, 1.165) is 0 Å². The fourth-order valence-electron chi connectivity index (χ4n) is 1.78. The second-order valence-corrected chi connectivity index (χ2v) is 4.52. The Morgan fingerprint density at radius 3 is 2.52 bits per heavy atom. The van der Waals surface area contributed by atoms with Crippen molar-refractivity contribution in [3.63, 3.8) is 0 Å². The molecule has 7 nitrogen and oxygen atoms in total. The first-order valence-electron chi connectivity index (χ1n) is 6.79. The fraction of sp³-hybridized carbons (Fsp3) is 0.125. The number of esters is 1. The molecule has 0 saturated carbocycles. The number of ether oxygens (including phenoxy) is 1. The van der Waals surface area contributed by atoms with Crippen LogP contribution in [-0.2, 0) is 9.53 Å². The smallest absolute Gasteiger partial charge is 0.338 e. The molecular weight excluding hydrogens is 298 g/mol. The highest BCUT2D eigenvalue weighted by molar-refractivity contribution is 5.98.